The van der Waals surface area contributed by atoms with Gasteiger partial charge in [-0.25, -0.2) is 0 Å². The maximum atomic E-state index is 10.9. The maximum absolute atomic E-state index is 10.9. The Morgan fingerprint density at radius 1 is 1.50 bits per heavy atom. The highest BCUT2D eigenvalue weighted by Gasteiger charge is 2.23. The van der Waals surface area contributed by atoms with Gasteiger partial charge in [-0.2, -0.15) is 5.10 Å². The molecular formula is C9H15N5O2. The normalized spacial score (nSPS) is 17.6. The van der Waals surface area contributed by atoms with Crippen molar-refractivity contribution in [2.24, 2.45) is 0 Å². The van der Waals surface area contributed by atoms with Crippen molar-refractivity contribution in [1.82, 2.24) is 20.4 Å². The summed E-state index contributed by atoms with van der Waals surface area (Å²) in [5, 5.41) is 20.8. The average molecular weight is 225 g/mol. The summed E-state index contributed by atoms with van der Waals surface area (Å²) in [5.41, 5.74) is 1.18. The van der Waals surface area contributed by atoms with E-state index in [4.69, 9.17) is 0 Å². The molecule has 1 saturated heterocycles. The Labute approximate surface area is 93.0 Å². The van der Waals surface area contributed by atoms with Crippen LogP contribution in [-0.2, 0) is 6.54 Å². The first-order valence-corrected chi connectivity index (χ1v) is 5.30. The second kappa shape index (κ2) is 4.58. The van der Waals surface area contributed by atoms with Crippen LogP contribution < -0.4 is 5.32 Å². The van der Waals surface area contributed by atoms with Gasteiger partial charge >= 0.3 is 5.69 Å². The zero-order valence-electron chi connectivity index (χ0n) is 9.19. The van der Waals surface area contributed by atoms with Gasteiger partial charge in [-0.05, 0) is 6.92 Å². The van der Waals surface area contributed by atoms with E-state index in [-0.39, 0.29) is 10.6 Å². The van der Waals surface area contributed by atoms with Crippen LogP contribution in [0.3, 0.4) is 0 Å². The van der Waals surface area contributed by atoms with Gasteiger partial charge in [-0.15, -0.1) is 0 Å². The van der Waals surface area contributed by atoms with E-state index < -0.39 is 0 Å². The van der Waals surface area contributed by atoms with Crippen LogP contribution >= 0.6 is 0 Å². The summed E-state index contributed by atoms with van der Waals surface area (Å²) in [6.07, 6.45) is 0. The van der Waals surface area contributed by atoms with Gasteiger partial charge in [0.05, 0.1) is 4.92 Å². The maximum Gasteiger partial charge on any atom is 0.314 e. The standard InChI is InChI=1S/C9H15N5O2/c1-7-9(14(15)16)8(12-11-7)6-13-4-2-10-3-5-13/h10H,2-6H2,1H3,(H,11,12). The lowest BCUT2D eigenvalue weighted by atomic mass is 10.2. The van der Waals surface area contributed by atoms with E-state index in [1.807, 2.05) is 0 Å². The van der Waals surface area contributed by atoms with Gasteiger partial charge in [0.2, 0.25) is 0 Å². The Kier molecular flexibility index (Phi) is 3.16. The first-order chi connectivity index (χ1) is 7.68. The van der Waals surface area contributed by atoms with Crippen molar-refractivity contribution in [1.29, 1.82) is 0 Å². The monoisotopic (exact) mass is 225 g/mol. The lowest BCUT2D eigenvalue weighted by Crippen LogP contribution is -2.43. The van der Waals surface area contributed by atoms with Crippen LogP contribution in [0, 0.1) is 17.0 Å². The number of rotatable bonds is 3. The molecule has 7 nitrogen and oxygen atoms in total. The van der Waals surface area contributed by atoms with Crippen molar-refractivity contribution < 1.29 is 4.92 Å². The molecule has 1 aliphatic rings. The molecule has 0 spiro atoms. The third kappa shape index (κ3) is 2.20. The van der Waals surface area contributed by atoms with Gasteiger partial charge in [-0.1, -0.05) is 0 Å². The molecule has 2 heterocycles. The van der Waals surface area contributed by atoms with E-state index >= 15 is 0 Å². The largest absolute Gasteiger partial charge is 0.314 e. The summed E-state index contributed by atoms with van der Waals surface area (Å²) >= 11 is 0. The minimum absolute atomic E-state index is 0.124. The Bertz CT molecular complexity index is 383. The molecule has 1 fully saturated rings. The van der Waals surface area contributed by atoms with Crippen LogP contribution in [-0.4, -0.2) is 46.2 Å². The number of aryl methyl sites for hydroxylation is 1. The van der Waals surface area contributed by atoms with E-state index in [2.05, 4.69) is 20.4 Å². The lowest BCUT2D eigenvalue weighted by Gasteiger charge is -2.25. The molecule has 1 aliphatic heterocycles. The zero-order valence-corrected chi connectivity index (χ0v) is 9.19. The highest BCUT2D eigenvalue weighted by Crippen LogP contribution is 2.21. The molecule has 0 aromatic carbocycles. The van der Waals surface area contributed by atoms with Crippen molar-refractivity contribution in [2.75, 3.05) is 26.2 Å². The predicted octanol–water partition coefficient (Wildman–Crippen LogP) is 0.0315. The Balaban J connectivity index is 2.11. The number of nitro groups is 1. The van der Waals surface area contributed by atoms with Gasteiger partial charge in [0.25, 0.3) is 0 Å². The topological polar surface area (TPSA) is 87.1 Å². The number of H-pyrrole nitrogens is 1. The predicted molar refractivity (Wildman–Crippen MR) is 58.1 cm³/mol. The molecule has 0 atom stereocenters. The first kappa shape index (κ1) is 11.0. The Hall–Kier alpha value is -1.47. The minimum atomic E-state index is -0.365. The van der Waals surface area contributed by atoms with Crippen LogP contribution in [0.1, 0.15) is 11.4 Å². The molecule has 0 bridgehead atoms. The number of aromatic amines is 1. The van der Waals surface area contributed by atoms with Crippen molar-refractivity contribution in [3.05, 3.63) is 21.5 Å². The smallest absolute Gasteiger partial charge is 0.314 e. The van der Waals surface area contributed by atoms with Gasteiger partial charge in [-0.3, -0.25) is 20.1 Å². The van der Waals surface area contributed by atoms with Gasteiger partial charge in [0.1, 0.15) is 5.69 Å². The van der Waals surface area contributed by atoms with E-state index in [9.17, 15) is 10.1 Å². The fourth-order valence-electron chi connectivity index (χ4n) is 1.91. The molecule has 0 unspecified atom stereocenters. The molecule has 0 amide bonds. The summed E-state index contributed by atoms with van der Waals surface area (Å²) in [7, 11) is 0. The van der Waals surface area contributed by atoms with Crippen molar-refractivity contribution >= 4 is 5.69 Å². The highest BCUT2D eigenvalue weighted by molar-refractivity contribution is 5.39. The Morgan fingerprint density at radius 2 is 2.19 bits per heavy atom. The van der Waals surface area contributed by atoms with Crippen molar-refractivity contribution in [2.45, 2.75) is 13.5 Å². The molecule has 16 heavy (non-hydrogen) atoms. The summed E-state index contributed by atoms with van der Waals surface area (Å²) in [6, 6.07) is 0. The summed E-state index contributed by atoms with van der Waals surface area (Å²) < 4.78 is 0. The van der Waals surface area contributed by atoms with Gasteiger partial charge in [0.15, 0.2) is 5.69 Å². The Morgan fingerprint density at radius 3 is 2.81 bits per heavy atom. The number of nitrogens with zero attached hydrogens (tertiary/aromatic N) is 3. The SMILES string of the molecule is Cc1[nH]nc(CN2CCNCC2)c1[N+](=O)[O-]. The summed E-state index contributed by atoms with van der Waals surface area (Å²) in [6.45, 7) is 5.88. The first-order valence-electron chi connectivity index (χ1n) is 5.30. The number of aromatic nitrogens is 2. The van der Waals surface area contributed by atoms with Crippen LogP contribution in [0.2, 0.25) is 0 Å². The summed E-state index contributed by atoms with van der Waals surface area (Å²) in [5.74, 6) is 0. The number of hydrogen-bond donors (Lipinski definition) is 2. The van der Waals surface area contributed by atoms with Gasteiger partial charge in [0, 0.05) is 32.7 Å². The third-order valence-electron chi connectivity index (χ3n) is 2.75. The van der Waals surface area contributed by atoms with Crippen LogP contribution in [0.25, 0.3) is 0 Å². The third-order valence-corrected chi connectivity index (χ3v) is 2.75. The molecule has 7 heteroatoms. The van der Waals surface area contributed by atoms with Crippen molar-refractivity contribution in [3.63, 3.8) is 0 Å². The van der Waals surface area contributed by atoms with Crippen LogP contribution in [0.4, 0.5) is 5.69 Å². The molecular weight excluding hydrogens is 210 g/mol. The number of hydrogen-bond acceptors (Lipinski definition) is 5. The zero-order chi connectivity index (χ0) is 11.5. The van der Waals surface area contributed by atoms with E-state index in [1.54, 1.807) is 6.92 Å². The fourth-order valence-corrected chi connectivity index (χ4v) is 1.91. The number of piperazine rings is 1. The number of nitrogens with one attached hydrogen (secondary N) is 2. The second-order valence-corrected chi connectivity index (χ2v) is 3.93. The minimum Gasteiger partial charge on any atom is -0.314 e. The van der Waals surface area contributed by atoms with Gasteiger partial charge < -0.3 is 5.32 Å². The van der Waals surface area contributed by atoms with Crippen molar-refractivity contribution in [3.8, 4) is 0 Å². The molecule has 2 rings (SSSR count). The summed E-state index contributed by atoms with van der Waals surface area (Å²) in [4.78, 5) is 12.7. The molecule has 0 aliphatic carbocycles. The molecule has 1 aromatic heterocycles. The molecule has 0 radical (unpaired) electrons. The molecule has 0 saturated carbocycles. The molecule has 2 N–H and O–H groups in total. The highest BCUT2D eigenvalue weighted by atomic mass is 16.6. The average Bonchev–Trinajstić information content (AvgIpc) is 2.61. The fraction of sp³-hybridized carbons (Fsp3) is 0.667. The van der Waals surface area contributed by atoms with Crippen LogP contribution in [0.15, 0.2) is 0 Å². The van der Waals surface area contributed by atoms with Crippen LogP contribution in [0.5, 0.6) is 0 Å². The molecule has 88 valence electrons. The lowest BCUT2D eigenvalue weighted by molar-refractivity contribution is -0.386. The van der Waals surface area contributed by atoms with E-state index in [0.717, 1.165) is 26.2 Å². The molecule has 1 aromatic rings. The second-order valence-electron chi connectivity index (χ2n) is 3.93. The van der Waals surface area contributed by atoms with E-state index in [0.29, 0.717) is 17.9 Å². The quantitative estimate of drug-likeness (QED) is 0.560. The van der Waals surface area contributed by atoms with E-state index in [1.165, 1.54) is 0 Å².